The van der Waals surface area contributed by atoms with Crippen molar-refractivity contribution in [1.82, 2.24) is 14.0 Å². The lowest BCUT2D eigenvalue weighted by Gasteiger charge is -2.06. The Morgan fingerprint density at radius 1 is 0.893 bits per heavy atom. The van der Waals surface area contributed by atoms with Crippen molar-refractivity contribution in [3.63, 3.8) is 0 Å². The molecule has 0 bridgehead atoms. The maximum Gasteiger partial charge on any atom is 0.267 e. The largest absolute Gasteiger partial charge is 0.285 e. The highest BCUT2D eigenvalue weighted by molar-refractivity contribution is 9.10. The topological polar surface area (TPSA) is 39.3 Å². The van der Waals surface area contributed by atoms with Gasteiger partial charge in [-0.25, -0.2) is 9.38 Å². The van der Waals surface area contributed by atoms with E-state index < -0.39 is 0 Å². The first kappa shape index (κ1) is 17.0. The van der Waals surface area contributed by atoms with Crippen LogP contribution < -0.4 is 5.56 Å². The number of aromatic nitrogens is 3. The van der Waals surface area contributed by atoms with Crippen LogP contribution in [0.1, 0.15) is 5.56 Å². The van der Waals surface area contributed by atoms with Crippen LogP contribution in [0.3, 0.4) is 0 Å². The van der Waals surface area contributed by atoms with E-state index in [1.807, 2.05) is 71.4 Å². The van der Waals surface area contributed by atoms with Gasteiger partial charge in [-0.2, -0.15) is 0 Å². The molecule has 2 heterocycles. The van der Waals surface area contributed by atoms with Gasteiger partial charge in [0.05, 0.1) is 16.6 Å². The molecule has 2 aromatic heterocycles. The Morgan fingerprint density at radius 2 is 1.61 bits per heavy atom. The van der Waals surface area contributed by atoms with E-state index in [0.29, 0.717) is 16.7 Å². The van der Waals surface area contributed by atoms with E-state index >= 15 is 0 Å². The Hall–Kier alpha value is -3.18. The van der Waals surface area contributed by atoms with Crippen LogP contribution in [0.5, 0.6) is 0 Å². The van der Waals surface area contributed by atoms with Gasteiger partial charge in [-0.3, -0.25) is 9.36 Å². The van der Waals surface area contributed by atoms with Crippen molar-refractivity contribution < 1.29 is 0 Å². The molecule has 0 atom stereocenters. The number of benzene rings is 3. The standard InChI is InChI=1S/C23H16BrN3O/c1-15-6-12-18(13-7-15)26-14-21(16-8-10-17(24)11-9-16)27-22(28)19-4-2-3-5-20(19)25-23(26)27/h2-14H,1H3. The lowest BCUT2D eigenvalue weighted by atomic mass is 10.1. The third-order valence-corrected chi connectivity index (χ3v) is 5.45. The Labute approximate surface area is 169 Å². The first-order valence-corrected chi connectivity index (χ1v) is 9.77. The molecule has 0 aliphatic carbocycles. The SMILES string of the molecule is Cc1ccc(-n2cc(-c3ccc(Br)cc3)n3c(=O)c4ccccc4nc23)cc1. The third-order valence-electron chi connectivity index (χ3n) is 4.92. The molecule has 136 valence electrons. The van der Waals surface area contributed by atoms with E-state index in [2.05, 4.69) is 35.0 Å². The van der Waals surface area contributed by atoms with Gasteiger partial charge in [0.25, 0.3) is 5.56 Å². The van der Waals surface area contributed by atoms with E-state index in [9.17, 15) is 4.79 Å². The van der Waals surface area contributed by atoms with Gasteiger partial charge in [0.15, 0.2) is 0 Å². The second-order valence-corrected chi connectivity index (χ2v) is 7.71. The minimum absolute atomic E-state index is 0.0654. The zero-order valence-electron chi connectivity index (χ0n) is 15.1. The zero-order valence-corrected chi connectivity index (χ0v) is 16.7. The highest BCUT2D eigenvalue weighted by Crippen LogP contribution is 2.26. The molecular weight excluding hydrogens is 414 g/mol. The van der Waals surface area contributed by atoms with E-state index in [1.54, 1.807) is 4.40 Å². The number of fused-ring (bicyclic) bond motifs is 2. The molecule has 5 rings (SSSR count). The fourth-order valence-electron chi connectivity index (χ4n) is 3.46. The van der Waals surface area contributed by atoms with Crippen LogP contribution in [0.15, 0.2) is 88.3 Å². The molecule has 0 saturated carbocycles. The smallest absolute Gasteiger partial charge is 0.267 e. The van der Waals surface area contributed by atoms with E-state index in [4.69, 9.17) is 4.98 Å². The van der Waals surface area contributed by atoms with Gasteiger partial charge < -0.3 is 0 Å². The van der Waals surface area contributed by atoms with Crippen molar-refractivity contribution in [2.75, 3.05) is 0 Å². The summed E-state index contributed by atoms with van der Waals surface area (Å²) in [4.78, 5) is 18.2. The molecule has 0 N–H and O–H groups in total. The van der Waals surface area contributed by atoms with E-state index in [0.717, 1.165) is 21.4 Å². The van der Waals surface area contributed by atoms with Crippen molar-refractivity contribution >= 4 is 32.6 Å². The second kappa shape index (κ2) is 6.46. The van der Waals surface area contributed by atoms with Gasteiger partial charge in [-0.05, 0) is 43.3 Å². The molecule has 5 aromatic rings. The van der Waals surface area contributed by atoms with Crippen molar-refractivity contribution in [2.24, 2.45) is 0 Å². The minimum atomic E-state index is -0.0654. The van der Waals surface area contributed by atoms with Gasteiger partial charge in [0.2, 0.25) is 5.78 Å². The number of hydrogen-bond acceptors (Lipinski definition) is 2. The predicted octanol–water partition coefficient (Wildman–Crippen LogP) is 5.38. The molecule has 4 nitrogen and oxygen atoms in total. The summed E-state index contributed by atoms with van der Waals surface area (Å²) < 4.78 is 4.67. The maximum absolute atomic E-state index is 13.3. The van der Waals surface area contributed by atoms with Gasteiger partial charge in [0, 0.05) is 21.9 Å². The fraction of sp³-hybridized carbons (Fsp3) is 0.0435. The van der Waals surface area contributed by atoms with Gasteiger partial charge in [-0.1, -0.05) is 57.9 Å². The Morgan fingerprint density at radius 3 is 2.36 bits per heavy atom. The monoisotopic (exact) mass is 429 g/mol. The minimum Gasteiger partial charge on any atom is -0.285 e. The third kappa shape index (κ3) is 2.67. The summed E-state index contributed by atoms with van der Waals surface area (Å²) in [5.74, 6) is 0.602. The summed E-state index contributed by atoms with van der Waals surface area (Å²) in [5.41, 5.74) is 4.55. The Balaban J connectivity index is 1.91. The molecule has 0 fully saturated rings. The molecule has 5 heteroatoms. The highest BCUT2D eigenvalue weighted by Gasteiger charge is 2.16. The van der Waals surface area contributed by atoms with Crippen LogP contribution in [-0.2, 0) is 0 Å². The Bertz CT molecular complexity index is 1380. The van der Waals surface area contributed by atoms with Gasteiger partial charge in [0.1, 0.15) is 0 Å². The number of para-hydroxylation sites is 1. The van der Waals surface area contributed by atoms with Gasteiger partial charge >= 0.3 is 0 Å². The average Bonchev–Trinajstić information content (AvgIpc) is 3.09. The van der Waals surface area contributed by atoms with Crippen LogP contribution in [0.4, 0.5) is 0 Å². The molecule has 0 aliphatic heterocycles. The summed E-state index contributed by atoms with van der Waals surface area (Å²) in [6.45, 7) is 2.06. The predicted molar refractivity (Wildman–Crippen MR) is 116 cm³/mol. The molecule has 28 heavy (non-hydrogen) atoms. The van der Waals surface area contributed by atoms with Crippen molar-refractivity contribution in [2.45, 2.75) is 6.92 Å². The maximum atomic E-state index is 13.3. The van der Waals surface area contributed by atoms with Crippen molar-refractivity contribution in [3.8, 4) is 16.9 Å². The molecule has 0 radical (unpaired) electrons. The lowest BCUT2D eigenvalue weighted by molar-refractivity contribution is 1.03. The lowest BCUT2D eigenvalue weighted by Crippen LogP contribution is -2.16. The number of hydrogen-bond donors (Lipinski definition) is 0. The molecule has 0 spiro atoms. The van der Waals surface area contributed by atoms with Crippen LogP contribution in [0.2, 0.25) is 0 Å². The number of aryl methyl sites for hydroxylation is 1. The van der Waals surface area contributed by atoms with Crippen LogP contribution in [-0.4, -0.2) is 14.0 Å². The quantitative estimate of drug-likeness (QED) is 0.378. The highest BCUT2D eigenvalue weighted by atomic mass is 79.9. The van der Waals surface area contributed by atoms with Crippen molar-refractivity contribution in [3.05, 3.63) is 99.4 Å². The van der Waals surface area contributed by atoms with Gasteiger partial charge in [-0.15, -0.1) is 0 Å². The summed E-state index contributed by atoms with van der Waals surface area (Å²) >= 11 is 3.48. The first-order valence-electron chi connectivity index (χ1n) is 8.98. The fourth-order valence-corrected chi connectivity index (χ4v) is 3.72. The number of halogens is 1. The molecule has 3 aromatic carbocycles. The molecule has 0 aliphatic rings. The van der Waals surface area contributed by atoms with Crippen LogP contribution in [0.25, 0.3) is 33.6 Å². The normalized spacial score (nSPS) is 11.4. The molecule has 0 unspecified atom stereocenters. The van der Waals surface area contributed by atoms with Crippen LogP contribution in [0, 0.1) is 6.92 Å². The summed E-state index contributed by atoms with van der Waals surface area (Å²) in [7, 11) is 0. The van der Waals surface area contributed by atoms with E-state index in [-0.39, 0.29) is 5.56 Å². The molecule has 0 saturated heterocycles. The second-order valence-electron chi connectivity index (χ2n) is 6.80. The summed E-state index contributed by atoms with van der Waals surface area (Å²) in [6, 6.07) is 23.6. The summed E-state index contributed by atoms with van der Waals surface area (Å²) in [6.07, 6.45) is 1.98. The zero-order chi connectivity index (χ0) is 19.3. The number of rotatable bonds is 2. The average molecular weight is 430 g/mol. The van der Waals surface area contributed by atoms with E-state index in [1.165, 1.54) is 5.56 Å². The van der Waals surface area contributed by atoms with Crippen LogP contribution >= 0.6 is 15.9 Å². The summed E-state index contributed by atoms with van der Waals surface area (Å²) in [5, 5.41) is 0.611. The first-order chi connectivity index (χ1) is 13.6. The molecule has 0 amide bonds. The molecular formula is C23H16BrN3O. The Kier molecular flexibility index (Phi) is 3.91. The van der Waals surface area contributed by atoms with Crippen molar-refractivity contribution in [1.29, 1.82) is 0 Å². The number of imidazole rings is 1. The number of nitrogens with zero attached hydrogens (tertiary/aromatic N) is 3.